The van der Waals surface area contributed by atoms with Gasteiger partial charge in [-0.2, -0.15) is 0 Å². The smallest absolute Gasteiger partial charge is 0.256 e. The summed E-state index contributed by atoms with van der Waals surface area (Å²) in [6.07, 6.45) is 4.19. The minimum Gasteiger partial charge on any atom is -0.457 e. The lowest BCUT2D eigenvalue weighted by molar-refractivity contribution is 0.0935. The lowest BCUT2D eigenvalue weighted by Gasteiger charge is -2.27. The molecule has 142 valence electrons. The van der Waals surface area contributed by atoms with Crippen LogP contribution in [-0.4, -0.2) is 5.91 Å². The molecule has 5 rings (SSSR count). The molecule has 0 radical (unpaired) electrons. The lowest BCUT2D eigenvalue weighted by atomic mass is 9.94. The summed E-state index contributed by atoms with van der Waals surface area (Å²) >= 11 is 7.66. The Bertz CT molecular complexity index is 1050. The van der Waals surface area contributed by atoms with Crippen LogP contribution in [0.5, 0.6) is 11.5 Å². The number of aryl methyl sites for hydroxylation is 1. The van der Waals surface area contributed by atoms with Crippen molar-refractivity contribution in [3.63, 3.8) is 0 Å². The van der Waals surface area contributed by atoms with Gasteiger partial charge in [-0.3, -0.25) is 4.79 Å². The van der Waals surface area contributed by atoms with Gasteiger partial charge in [0.25, 0.3) is 5.91 Å². The van der Waals surface area contributed by atoms with Gasteiger partial charge in [0.15, 0.2) is 0 Å². The van der Waals surface area contributed by atoms with Crippen LogP contribution in [-0.2, 0) is 12.8 Å². The van der Waals surface area contributed by atoms with Gasteiger partial charge in [-0.15, -0.1) is 11.3 Å². The Morgan fingerprint density at radius 2 is 1.82 bits per heavy atom. The van der Waals surface area contributed by atoms with Gasteiger partial charge in [0.1, 0.15) is 22.7 Å². The lowest BCUT2D eigenvalue weighted by Crippen LogP contribution is -2.38. The van der Waals surface area contributed by atoms with Crippen LogP contribution in [0, 0.1) is 0 Å². The third-order valence-electron chi connectivity index (χ3n) is 5.19. The van der Waals surface area contributed by atoms with Crippen LogP contribution in [0.2, 0.25) is 5.02 Å². The van der Waals surface area contributed by atoms with Gasteiger partial charge in [0, 0.05) is 9.90 Å². The van der Waals surface area contributed by atoms with Crippen LogP contribution in [0.3, 0.4) is 0 Å². The fourth-order valence-electron chi connectivity index (χ4n) is 3.84. The Morgan fingerprint density at radius 3 is 2.68 bits per heavy atom. The third-order valence-corrected chi connectivity index (χ3v) is 6.66. The number of carbonyl (C=O) groups excluding carboxylic acids is 1. The second-order valence-electron chi connectivity index (χ2n) is 7.09. The first-order valence-electron chi connectivity index (χ1n) is 9.43. The molecule has 2 aliphatic rings. The van der Waals surface area contributed by atoms with Gasteiger partial charge in [-0.05, 0) is 73.2 Å². The molecule has 1 aliphatic heterocycles. The molecule has 2 N–H and O–H groups in total. The molecule has 6 heteroatoms. The van der Waals surface area contributed by atoms with E-state index in [0.29, 0.717) is 10.8 Å². The summed E-state index contributed by atoms with van der Waals surface area (Å²) in [5.41, 5.74) is 3.05. The Hall–Kier alpha value is -2.50. The van der Waals surface area contributed by atoms with Crippen molar-refractivity contribution in [2.45, 2.75) is 31.8 Å². The molecule has 1 aliphatic carbocycles. The molecule has 1 amide bonds. The van der Waals surface area contributed by atoms with E-state index in [0.717, 1.165) is 41.1 Å². The van der Waals surface area contributed by atoms with Crippen LogP contribution >= 0.6 is 22.9 Å². The highest BCUT2D eigenvalue weighted by molar-refractivity contribution is 7.16. The highest BCUT2D eigenvalue weighted by Crippen LogP contribution is 2.41. The summed E-state index contributed by atoms with van der Waals surface area (Å²) in [6, 6.07) is 15.0. The number of fused-ring (bicyclic) bond motifs is 3. The molecule has 4 nitrogen and oxygen atoms in total. The maximum absolute atomic E-state index is 12.8. The van der Waals surface area contributed by atoms with Crippen molar-refractivity contribution in [3.8, 4) is 11.5 Å². The number of hydrogen-bond acceptors (Lipinski definition) is 4. The highest BCUT2D eigenvalue weighted by atomic mass is 35.5. The predicted molar refractivity (Wildman–Crippen MR) is 113 cm³/mol. The van der Waals surface area contributed by atoms with Gasteiger partial charge in [0.2, 0.25) is 0 Å². The molecule has 0 fully saturated rings. The van der Waals surface area contributed by atoms with E-state index >= 15 is 0 Å². The molecule has 1 aromatic heterocycles. The number of halogens is 1. The molecule has 0 saturated heterocycles. The monoisotopic (exact) mass is 410 g/mol. The second kappa shape index (κ2) is 7.15. The summed E-state index contributed by atoms with van der Waals surface area (Å²) < 4.78 is 5.93. The van der Waals surface area contributed by atoms with Crippen LogP contribution in [0.15, 0.2) is 48.5 Å². The summed E-state index contributed by atoms with van der Waals surface area (Å²) in [5.74, 6) is 1.45. The van der Waals surface area contributed by atoms with Crippen LogP contribution in [0.4, 0.5) is 5.00 Å². The summed E-state index contributed by atoms with van der Waals surface area (Å²) in [5, 5.41) is 8.28. The van der Waals surface area contributed by atoms with Crippen molar-refractivity contribution in [2.75, 3.05) is 5.32 Å². The fraction of sp³-hybridized carbons (Fsp3) is 0.227. The predicted octanol–water partition coefficient (Wildman–Crippen LogP) is 5.93. The van der Waals surface area contributed by atoms with E-state index in [1.54, 1.807) is 23.5 Å². The molecular formula is C22H19ClN2O2S. The zero-order valence-corrected chi connectivity index (χ0v) is 16.7. The van der Waals surface area contributed by atoms with E-state index in [-0.39, 0.29) is 12.1 Å². The van der Waals surface area contributed by atoms with Crippen molar-refractivity contribution in [1.29, 1.82) is 0 Å². The van der Waals surface area contributed by atoms with Gasteiger partial charge in [-0.1, -0.05) is 23.7 Å². The molecule has 2 aromatic carbocycles. The Balaban J connectivity index is 1.40. The van der Waals surface area contributed by atoms with E-state index in [4.69, 9.17) is 16.3 Å². The zero-order valence-electron chi connectivity index (χ0n) is 15.1. The van der Waals surface area contributed by atoms with Gasteiger partial charge in [0.05, 0.1) is 5.56 Å². The van der Waals surface area contributed by atoms with E-state index < -0.39 is 0 Å². The van der Waals surface area contributed by atoms with E-state index in [9.17, 15) is 4.79 Å². The number of amides is 1. The maximum atomic E-state index is 12.8. The minimum atomic E-state index is -0.270. The number of ether oxygens (including phenoxy) is 1. The fourth-order valence-corrected chi connectivity index (χ4v) is 5.28. The largest absolute Gasteiger partial charge is 0.457 e. The quantitative estimate of drug-likeness (QED) is 0.562. The molecule has 0 bridgehead atoms. The molecular weight excluding hydrogens is 392 g/mol. The average Bonchev–Trinajstić information content (AvgIpc) is 3.09. The molecule has 0 saturated carbocycles. The van der Waals surface area contributed by atoms with Crippen LogP contribution in [0.1, 0.15) is 45.4 Å². The molecule has 1 unspecified atom stereocenters. The van der Waals surface area contributed by atoms with Crippen molar-refractivity contribution < 1.29 is 9.53 Å². The second-order valence-corrected chi connectivity index (χ2v) is 8.64. The molecule has 28 heavy (non-hydrogen) atoms. The zero-order chi connectivity index (χ0) is 19.1. The molecule has 2 heterocycles. The Morgan fingerprint density at radius 1 is 1.00 bits per heavy atom. The van der Waals surface area contributed by atoms with E-state index in [2.05, 4.69) is 10.6 Å². The SMILES string of the molecule is O=C1NC(c2cccc(Oc3ccc(Cl)cc3)c2)Nc2sc3c(c21)CCCC3. The van der Waals surface area contributed by atoms with Crippen molar-refractivity contribution in [2.24, 2.45) is 0 Å². The summed E-state index contributed by atoms with van der Waals surface area (Å²) in [7, 11) is 0. The van der Waals surface area contributed by atoms with E-state index in [1.807, 2.05) is 36.4 Å². The number of nitrogens with one attached hydrogen (secondary N) is 2. The van der Waals surface area contributed by atoms with Gasteiger partial charge >= 0.3 is 0 Å². The average molecular weight is 411 g/mol. The molecule has 3 aromatic rings. The standard InChI is InChI=1S/C22H19ClN2O2S/c23-14-8-10-15(11-9-14)27-16-5-3-4-13(12-16)20-24-21(26)19-17-6-1-2-7-18(17)28-22(19)25-20/h3-5,8-12,20,25H,1-2,6-7H2,(H,24,26). The highest BCUT2D eigenvalue weighted by Gasteiger charge is 2.32. The van der Waals surface area contributed by atoms with Crippen LogP contribution in [0.25, 0.3) is 0 Å². The number of hydrogen-bond donors (Lipinski definition) is 2. The normalized spacial score (nSPS) is 17.9. The number of rotatable bonds is 3. The first-order valence-corrected chi connectivity index (χ1v) is 10.6. The molecule has 0 spiro atoms. The Labute approximate surface area is 172 Å². The van der Waals surface area contributed by atoms with Crippen molar-refractivity contribution >= 4 is 33.8 Å². The van der Waals surface area contributed by atoms with E-state index in [1.165, 1.54) is 16.9 Å². The first kappa shape index (κ1) is 17.6. The maximum Gasteiger partial charge on any atom is 0.256 e. The minimum absolute atomic E-state index is 0.0159. The summed E-state index contributed by atoms with van der Waals surface area (Å²) in [4.78, 5) is 14.2. The molecule has 1 atom stereocenters. The Kier molecular flexibility index (Phi) is 4.49. The summed E-state index contributed by atoms with van der Waals surface area (Å²) in [6.45, 7) is 0. The van der Waals surface area contributed by atoms with Crippen molar-refractivity contribution in [1.82, 2.24) is 5.32 Å². The van der Waals surface area contributed by atoms with Crippen molar-refractivity contribution in [3.05, 3.63) is 75.1 Å². The number of carbonyl (C=O) groups is 1. The number of thiophene rings is 1. The van der Waals surface area contributed by atoms with Gasteiger partial charge < -0.3 is 15.4 Å². The number of benzene rings is 2. The topological polar surface area (TPSA) is 50.4 Å². The number of anilines is 1. The van der Waals surface area contributed by atoms with Gasteiger partial charge in [-0.25, -0.2) is 0 Å². The van der Waals surface area contributed by atoms with Crippen LogP contribution < -0.4 is 15.4 Å². The third kappa shape index (κ3) is 3.25. The first-order chi connectivity index (χ1) is 13.7.